The Balaban J connectivity index is 1.41. The second-order valence-corrected chi connectivity index (χ2v) is 6.82. The number of hydrogen-bond acceptors (Lipinski definition) is 6. The molecule has 0 spiro atoms. The Morgan fingerprint density at radius 1 is 1.03 bits per heavy atom. The monoisotopic (exact) mass is 414 g/mol. The second kappa shape index (κ2) is 9.53. The van der Waals surface area contributed by atoms with Crippen LogP contribution in [0.2, 0.25) is 0 Å². The van der Waals surface area contributed by atoms with Crippen LogP contribution in [0.4, 0.5) is 11.5 Å². The van der Waals surface area contributed by atoms with Crippen LogP contribution < -0.4 is 15.4 Å². The van der Waals surface area contributed by atoms with E-state index in [2.05, 4.69) is 25.7 Å². The SMILES string of the molecule is COc1ccccc1Nc1ncccc1C(=O)NCc1ccc(Cn2cncn2)cc1. The summed E-state index contributed by atoms with van der Waals surface area (Å²) < 4.78 is 7.13. The van der Waals surface area contributed by atoms with Crippen molar-refractivity contribution < 1.29 is 9.53 Å². The maximum absolute atomic E-state index is 12.8. The lowest BCUT2D eigenvalue weighted by atomic mass is 10.1. The van der Waals surface area contributed by atoms with Crippen LogP contribution in [-0.4, -0.2) is 32.8 Å². The number of benzene rings is 2. The lowest BCUT2D eigenvalue weighted by molar-refractivity contribution is 0.0951. The number of pyridine rings is 1. The smallest absolute Gasteiger partial charge is 0.255 e. The molecule has 2 N–H and O–H groups in total. The number of carbonyl (C=O) groups is 1. The van der Waals surface area contributed by atoms with Crippen LogP contribution in [0.3, 0.4) is 0 Å². The van der Waals surface area contributed by atoms with Crippen LogP contribution in [-0.2, 0) is 13.1 Å². The summed E-state index contributed by atoms with van der Waals surface area (Å²) in [5.74, 6) is 0.926. The van der Waals surface area contributed by atoms with Crippen molar-refractivity contribution in [1.29, 1.82) is 0 Å². The highest BCUT2D eigenvalue weighted by atomic mass is 16.5. The fraction of sp³-hybridized carbons (Fsp3) is 0.130. The van der Waals surface area contributed by atoms with Crippen molar-refractivity contribution in [2.24, 2.45) is 0 Å². The third-order valence-electron chi connectivity index (χ3n) is 4.70. The molecule has 0 saturated carbocycles. The van der Waals surface area contributed by atoms with E-state index in [1.165, 1.54) is 6.33 Å². The summed E-state index contributed by atoms with van der Waals surface area (Å²) in [4.78, 5) is 21.1. The molecule has 31 heavy (non-hydrogen) atoms. The van der Waals surface area contributed by atoms with Gasteiger partial charge in [0.15, 0.2) is 0 Å². The highest BCUT2D eigenvalue weighted by Gasteiger charge is 2.13. The van der Waals surface area contributed by atoms with Gasteiger partial charge in [0.05, 0.1) is 24.9 Å². The fourth-order valence-electron chi connectivity index (χ4n) is 3.11. The first kappa shape index (κ1) is 20.1. The van der Waals surface area contributed by atoms with Crippen LogP contribution in [0.25, 0.3) is 0 Å². The van der Waals surface area contributed by atoms with Gasteiger partial charge in [-0.1, -0.05) is 36.4 Å². The van der Waals surface area contributed by atoms with Crippen molar-refractivity contribution in [3.8, 4) is 5.75 Å². The average Bonchev–Trinajstić information content (AvgIpc) is 3.32. The topological polar surface area (TPSA) is 94.0 Å². The highest BCUT2D eigenvalue weighted by Crippen LogP contribution is 2.27. The van der Waals surface area contributed by atoms with Crippen molar-refractivity contribution in [3.63, 3.8) is 0 Å². The number of ether oxygens (including phenoxy) is 1. The van der Waals surface area contributed by atoms with Gasteiger partial charge in [-0.05, 0) is 35.4 Å². The predicted molar refractivity (Wildman–Crippen MR) is 117 cm³/mol. The van der Waals surface area contributed by atoms with Crippen LogP contribution in [0.1, 0.15) is 21.5 Å². The predicted octanol–water partition coefficient (Wildman–Crippen LogP) is 3.40. The first-order valence-electron chi connectivity index (χ1n) is 9.76. The molecule has 2 aromatic carbocycles. The molecule has 0 unspecified atom stereocenters. The third kappa shape index (κ3) is 5.05. The first-order valence-corrected chi connectivity index (χ1v) is 9.76. The molecule has 0 saturated heterocycles. The average molecular weight is 414 g/mol. The minimum atomic E-state index is -0.211. The maximum atomic E-state index is 12.8. The second-order valence-electron chi connectivity index (χ2n) is 6.82. The number of rotatable bonds is 8. The molecular weight excluding hydrogens is 392 g/mol. The van der Waals surface area contributed by atoms with Crippen molar-refractivity contribution in [3.05, 3.63) is 96.2 Å². The zero-order valence-corrected chi connectivity index (χ0v) is 17.0. The molecule has 8 nitrogen and oxygen atoms in total. The van der Waals surface area contributed by atoms with Crippen molar-refractivity contribution in [2.75, 3.05) is 12.4 Å². The van der Waals surface area contributed by atoms with Gasteiger partial charge in [-0.2, -0.15) is 5.10 Å². The highest BCUT2D eigenvalue weighted by molar-refractivity contribution is 5.99. The molecule has 2 aromatic heterocycles. The summed E-state index contributed by atoms with van der Waals surface area (Å²) in [6.07, 6.45) is 4.83. The number of nitrogens with one attached hydrogen (secondary N) is 2. The lowest BCUT2D eigenvalue weighted by Crippen LogP contribution is -2.24. The molecule has 0 aliphatic carbocycles. The Morgan fingerprint density at radius 2 is 1.84 bits per heavy atom. The molecule has 0 aliphatic rings. The normalized spacial score (nSPS) is 10.5. The summed E-state index contributed by atoms with van der Waals surface area (Å²) in [5.41, 5.74) is 3.30. The summed E-state index contributed by atoms with van der Waals surface area (Å²) in [6.45, 7) is 1.06. The van der Waals surface area contributed by atoms with E-state index in [9.17, 15) is 4.79 Å². The number of nitrogens with zero attached hydrogens (tertiary/aromatic N) is 4. The van der Waals surface area contributed by atoms with Gasteiger partial charge in [-0.25, -0.2) is 14.6 Å². The van der Waals surface area contributed by atoms with E-state index in [4.69, 9.17) is 4.74 Å². The van der Waals surface area contributed by atoms with E-state index >= 15 is 0 Å². The van der Waals surface area contributed by atoms with Gasteiger partial charge < -0.3 is 15.4 Å². The molecule has 8 heteroatoms. The molecule has 1 amide bonds. The van der Waals surface area contributed by atoms with Gasteiger partial charge >= 0.3 is 0 Å². The van der Waals surface area contributed by atoms with Gasteiger partial charge in [0.25, 0.3) is 5.91 Å². The van der Waals surface area contributed by atoms with E-state index in [0.29, 0.717) is 30.2 Å². The molecular formula is C23H22N6O2. The van der Waals surface area contributed by atoms with Crippen LogP contribution in [0, 0.1) is 0 Å². The number of hydrogen-bond donors (Lipinski definition) is 2. The van der Waals surface area contributed by atoms with Gasteiger partial charge in [-0.3, -0.25) is 4.79 Å². The van der Waals surface area contributed by atoms with Crippen molar-refractivity contribution in [2.45, 2.75) is 13.1 Å². The summed E-state index contributed by atoms with van der Waals surface area (Å²) >= 11 is 0. The molecule has 0 atom stereocenters. The molecule has 2 heterocycles. The van der Waals surface area contributed by atoms with E-state index in [1.807, 2.05) is 48.5 Å². The van der Waals surface area contributed by atoms with E-state index in [0.717, 1.165) is 16.8 Å². The third-order valence-corrected chi connectivity index (χ3v) is 4.70. The quantitative estimate of drug-likeness (QED) is 0.459. The van der Waals surface area contributed by atoms with Gasteiger partial charge in [0.1, 0.15) is 24.2 Å². The summed E-state index contributed by atoms with van der Waals surface area (Å²) in [6, 6.07) is 19.0. The Bertz CT molecular complexity index is 1140. The molecule has 0 aliphatic heterocycles. The van der Waals surface area contributed by atoms with E-state index < -0.39 is 0 Å². The van der Waals surface area contributed by atoms with Crippen LogP contribution in [0.5, 0.6) is 5.75 Å². The molecule has 156 valence electrons. The van der Waals surface area contributed by atoms with E-state index in [-0.39, 0.29) is 5.91 Å². The van der Waals surface area contributed by atoms with Crippen LogP contribution >= 0.6 is 0 Å². The van der Waals surface area contributed by atoms with Gasteiger partial charge in [0, 0.05) is 12.7 Å². The summed E-state index contributed by atoms with van der Waals surface area (Å²) in [7, 11) is 1.60. The number of amides is 1. The maximum Gasteiger partial charge on any atom is 0.255 e. The Kier molecular flexibility index (Phi) is 6.18. The Labute approximate surface area is 179 Å². The van der Waals surface area contributed by atoms with Crippen LogP contribution in [0.15, 0.2) is 79.5 Å². The molecule has 0 radical (unpaired) electrons. The summed E-state index contributed by atoms with van der Waals surface area (Å²) in [5, 5.41) is 10.3. The lowest BCUT2D eigenvalue weighted by Gasteiger charge is -2.13. The number of carbonyl (C=O) groups excluding carboxylic acids is 1. The van der Waals surface area contributed by atoms with Crippen molar-refractivity contribution >= 4 is 17.4 Å². The first-order chi connectivity index (χ1) is 15.2. The molecule has 4 rings (SSSR count). The standard InChI is InChI=1S/C23H22N6O2/c1-31-21-7-3-2-6-20(21)28-22-19(5-4-12-25-22)23(30)26-13-17-8-10-18(11-9-17)14-29-16-24-15-27-29/h2-12,15-16H,13-14H2,1H3,(H,25,28)(H,26,30). The Morgan fingerprint density at radius 3 is 2.61 bits per heavy atom. The fourth-order valence-corrected chi connectivity index (χ4v) is 3.11. The molecule has 0 bridgehead atoms. The minimum Gasteiger partial charge on any atom is -0.495 e. The number of aromatic nitrogens is 4. The minimum absolute atomic E-state index is 0.211. The molecule has 0 fully saturated rings. The number of anilines is 2. The largest absolute Gasteiger partial charge is 0.495 e. The van der Waals surface area contributed by atoms with Crippen molar-refractivity contribution in [1.82, 2.24) is 25.1 Å². The van der Waals surface area contributed by atoms with Gasteiger partial charge in [0.2, 0.25) is 0 Å². The van der Waals surface area contributed by atoms with Gasteiger partial charge in [-0.15, -0.1) is 0 Å². The zero-order chi connectivity index (χ0) is 21.5. The van der Waals surface area contributed by atoms with E-state index in [1.54, 1.807) is 36.4 Å². The molecule has 4 aromatic rings. The zero-order valence-electron chi connectivity index (χ0n) is 17.0. The number of para-hydroxylation sites is 2. The number of methoxy groups -OCH3 is 1. The Hall–Kier alpha value is -4.20.